The van der Waals surface area contributed by atoms with E-state index in [4.69, 9.17) is 0 Å². The molecule has 0 spiro atoms. The molecule has 0 radical (unpaired) electrons. The lowest BCUT2D eigenvalue weighted by molar-refractivity contribution is -0.436. The van der Waals surface area contributed by atoms with Gasteiger partial charge in [0.2, 0.25) is 0 Å². The molecule has 48 valence electrons. The molecule has 0 aromatic heterocycles. The highest BCUT2D eigenvalue weighted by Crippen LogP contribution is 2.20. The summed E-state index contributed by atoms with van der Waals surface area (Å²) in [5.41, 5.74) is 4.08. The smallest absolute Gasteiger partial charge is 0.0869 e. The lowest BCUT2D eigenvalue weighted by atomic mass is 9.87. The molecule has 0 aromatic rings. The Morgan fingerprint density at radius 1 is 1.25 bits per heavy atom. The molecule has 1 saturated carbocycles. The first-order valence-electron chi connectivity index (χ1n) is 3.64. The highest BCUT2D eigenvalue weighted by molar-refractivity contribution is 4.68. The SMILES string of the molecule is CC1CCCCC1[NH3+]. The van der Waals surface area contributed by atoms with Crippen molar-refractivity contribution in [3.8, 4) is 0 Å². The molecule has 0 bridgehead atoms. The zero-order chi connectivity index (χ0) is 5.98. The molecule has 1 fully saturated rings. The molecule has 1 nitrogen and oxygen atoms in total. The summed E-state index contributed by atoms with van der Waals surface area (Å²) in [5.74, 6) is 0.892. The van der Waals surface area contributed by atoms with Crippen LogP contribution in [0.2, 0.25) is 0 Å². The number of rotatable bonds is 0. The zero-order valence-electron chi connectivity index (χ0n) is 5.69. The predicted octanol–water partition coefficient (Wildman–Crippen LogP) is 0.807. The number of hydrogen-bond acceptors (Lipinski definition) is 0. The van der Waals surface area contributed by atoms with E-state index in [0.29, 0.717) is 0 Å². The summed E-state index contributed by atoms with van der Waals surface area (Å²) in [6.45, 7) is 2.32. The maximum atomic E-state index is 4.08. The third-order valence-corrected chi connectivity index (χ3v) is 2.29. The van der Waals surface area contributed by atoms with Crippen LogP contribution in [0.25, 0.3) is 0 Å². The van der Waals surface area contributed by atoms with Crippen LogP contribution in [0.5, 0.6) is 0 Å². The normalized spacial score (nSPS) is 39.8. The molecule has 0 amide bonds. The van der Waals surface area contributed by atoms with Gasteiger partial charge in [-0.05, 0) is 19.3 Å². The van der Waals surface area contributed by atoms with E-state index in [0.717, 1.165) is 12.0 Å². The first kappa shape index (κ1) is 6.09. The molecule has 1 heteroatoms. The average Bonchev–Trinajstić information content (AvgIpc) is 1.77. The van der Waals surface area contributed by atoms with Gasteiger partial charge < -0.3 is 5.73 Å². The molecular formula is C7H16N+. The fourth-order valence-electron chi connectivity index (χ4n) is 1.39. The summed E-state index contributed by atoms with van der Waals surface area (Å²) in [5, 5.41) is 0. The third kappa shape index (κ3) is 1.22. The summed E-state index contributed by atoms with van der Waals surface area (Å²) in [4.78, 5) is 0. The van der Waals surface area contributed by atoms with Crippen LogP contribution in [0.3, 0.4) is 0 Å². The predicted molar refractivity (Wildman–Crippen MR) is 34.3 cm³/mol. The van der Waals surface area contributed by atoms with Crippen molar-refractivity contribution in [2.24, 2.45) is 5.92 Å². The Balaban J connectivity index is 2.28. The molecule has 0 saturated heterocycles. The minimum Gasteiger partial charge on any atom is -0.355 e. The van der Waals surface area contributed by atoms with Crippen LogP contribution < -0.4 is 5.73 Å². The van der Waals surface area contributed by atoms with Crippen LogP contribution in [-0.4, -0.2) is 6.04 Å². The molecular weight excluding hydrogens is 98.1 g/mol. The third-order valence-electron chi connectivity index (χ3n) is 2.29. The van der Waals surface area contributed by atoms with E-state index in [2.05, 4.69) is 12.7 Å². The van der Waals surface area contributed by atoms with Gasteiger partial charge in [-0.15, -0.1) is 0 Å². The summed E-state index contributed by atoms with van der Waals surface area (Å²) in [6.07, 6.45) is 5.63. The van der Waals surface area contributed by atoms with Gasteiger partial charge in [0.15, 0.2) is 0 Å². The Bertz CT molecular complexity index is 60.8. The van der Waals surface area contributed by atoms with Gasteiger partial charge in [0.25, 0.3) is 0 Å². The Morgan fingerprint density at radius 3 is 2.25 bits per heavy atom. The second-order valence-electron chi connectivity index (χ2n) is 3.02. The largest absolute Gasteiger partial charge is 0.355 e. The van der Waals surface area contributed by atoms with E-state index < -0.39 is 0 Å². The van der Waals surface area contributed by atoms with Gasteiger partial charge in [-0.1, -0.05) is 13.3 Å². The van der Waals surface area contributed by atoms with Gasteiger partial charge in [-0.3, -0.25) is 0 Å². The second-order valence-corrected chi connectivity index (χ2v) is 3.02. The molecule has 0 aliphatic heterocycles. The lowest BCUT2D eigenvalue weighted by Crippen LogP contribution is -2.64. The van der Waals surface area contributed by atoms with Gasteiger partial charge in [0, 0.05) is 5.92 Å². The average molecular weight is 114 g/mol. The van der Waals surface area contributed by atoms with Gasteiger partial charge in [-0.25, -0.2) is 0 Å². The Kier molecular flexibility index (Phi) is 1.90. The van der Waals surface area contributed by atoms with Gasteiger partial charge in [-0.2, -0.15) is 0 Å². The van der Waals surface area contributed by atoms with E-state index in [1.54, 1.807) is 0 Å². The minimum atomic E-state index is 0.753. The van der Waals surface area contributed by atoms with E-state index in [9.17, 15) is 0 Å². The van der Waals surface area contributed by atoms with Crippen LogP contribution in [0.4, 0.5) is 0 Å². The Hall–Kier alpha value is -0.0400. The van der Waals surface area contributed by atoms with Crippen LogP contribution in [0.1, 0.15) is 32.6 Å². The maximum absolute atomic E-state index is 4.08. The van der Waals surface area contributed by atoms with Gasteiger partial charge in [0.05, 0.1) is 6.04 Å². The van der Waals surface area contributed by atoms with Crippen LogP contribution >= 0.6 is 0 Å². The molecule has 3 N–H and O–H groups in total. The molecule has 1 aliphatic carbocycles. The summed E-state index contributed by atoms with van der Waals surface area (Å²) in [6, 6.07) is 0.753. The summed E-state index contributed by atoms with van der Waals surface area (Å²) >= 11 is 0. The molecule has 1 aliphatic rings. The quantitative estimate of drug-likeness (QED) is 0.482. The monoisotopic (exact) mass is 114 g/mol. The topological polar surface area (TPSA) is 27.6 Å². The molecule has 0 heterocycles. The lowest BCUT2D eigenvalue weighted by Gasteiger charge is -2.21. The fraction of sp³-hybridized carbons (Fsp3) is 1.00. The molecule has 2 unspecified atom stereocenters. The van der Waals surface area contributed by atoms with E-state index >= 15 is 0 Å². The summed E-state index contributed by atoms with van der Waals surface area (Å²) < 4.78 is 0. The van der Waals surface area contributed by atoms with Crippen molar-refractivity contribution in [1.29, 1.82) is 0 Å². The molecule has 2 atom stereocenters. The van der Waals surface area contributed by atoms with Gasteiger partial charge >= 0.3 is 0 Å². The second kappa shape index (κ2) is 2.49. The standard InChI is InChI=1S/C7H15N/c1-6-4-2-3-5-7(6)8/h6-7H,2-5,8H2,1H3/p+1. The molecule has 1 rings (SSSR count). The fourth-order valence-corrected chi connectivity index (χ4v) is 1.39. The highest BCUT2D eigenvalue weighted by Gasteiger charge is 2.19. The van der Waals surface area contributed by atoms with Crippen molar-refractivity contribution in [3.05, 3.63) is 0 Å². The van der Waals surface area contributed by atoms with Crippen molar-refractivity contribution in [2.75, 3.05) is 0 Å². The minimum absolute atomic E-state index is 0.753. The van der Waals surface area contributed by atoms with Crippen molar-refractivity contribution in [1.82, 2.24) is 0 Å². The molecule has 0 aromatic carbocycles. The van der Waals surface area contributed by atoms with Crippen molar-refractivity contribution in [3.63, 3.8) is 0 Å². The summed E-state index contributed by atoms with van der Waals surface area (Å²) in [7, 11) is 0. The van der Waals surface area contributed by atoms with Crippen LogP contribution in [-0.2, 0) is 0 Å². The number of quaternary nitrogens is 1. The van der Waals surface area contributed by atoms with Gasteiger partial charge in [0.1, 0.15) is 0 Å². The number of hydrogen-bond donors (Lipinski definition) is 1. The zero-order valence-corrected chi connectivity index (χ0v) is 5.69. The maximum Gasteiger partial charge on any atom is 0.0869 e. The van der Waals surface area contributed by atoms with Crippen molar-refractivity contribution < 1.29 is 5.73 Å². The van der Waals surface area contributed by atoms with Crippen LogP contribution in [0, 0.1) is 5.92 Å². The van der Waals surface area contributed by atoms with Crippen molar-refractivity contribution in [2.45, 2.75) is 38.6 Å². The first-order valence-corrected chi connectivity index (χ1v) is 3.64. The Morgan fingerprint density at radius 2 is 1.88 bits per heavy atom. The van der Waals surface area contributed by atoms with E-state index in [-0.39, 0.29) is 0 Å². The van der Waals surface area contributed by atoms with Crippen LogP contribution in [0.15, 0.2) is 0 Å². The van der Waals surface area contributed by atoms with Crippen molar-refractivity contribution >= 4 is 0 Å². The van der Waals surface area contributed by atoms with E-state index in [1.807, 2.05) is 0 Å². The Labute approximate surface area is 51.3 Å². The molecule has 8 heavy (non-hydrogen) atoms. The highest BCUT2D eigenvalue weighted by atomic mass is 14.6. The first-order chi connectivity index (χ1) is 3.80. The van der Waals surface area contributed by atoms with E-state index in [1.165, 1.54) is 25.7 Å².